The number of nitrogens with one attached hydrogen (secondary N) is 1. The molecule has 0 aliphatic heterocycles. The van der Waals surface area contributed by atoms with Crippen LogP contribution < -0.4 is 10.1 Å². The summed E-state index contributed by atoms with van der Waals surface area (Å²) in [6.45, 7) is 13.1. The fourth-order valence-corrected chi connectivity index (χ4v) is 1.91. The largest absolute Gasteiger partial charge is 0.478 e. The molecule has 0 spiro atoms. The summed E-state index contributed by atoms with van der Waals surface area (Å²) in [6.07, 6.45) is 4.10. The number of hydrogen-bond donors (Lipinski definition) is 1. The smallest absolute Gasteiger partial charge is 0.213 e. The topological polar surface area (TPSA) is 37.4 Å². The molecule has 0 atom stereocenters. The lowest BCUT2D eigenvalue weighted by Crippen LogP contribution is -2.18. The number of hydrogen-bond acceptors (Lipinski definition) is 4. The zero-order valence-electron chi connectivity index (χ0n) is 14.5. The van der Waals surface area contributed by atoms with Gasteiger partial charge in [0, 0.05) is 20.2 Å². The number of rotatable bonds is 10. The van der Waals surface area contributed by atoms with E-state index in [9.17, 15) is 0 Å². The standard InChI is InChI=1S/C15H27N3O.C2H6.H2/c1-4-10-18(3)13-14-7-8-15(17-12-14)19-11-6-9-16-5-2;1-2;/h7-8,12,16H,4-6,9-11,13H2,1-3H3;1-2H3;1H. The summed E-state index contributed by atoms with van der Waals surface area (Å²) in [6, 6.07) is 4.06. The molecule has 1 aromatic heterocycles. The van der Waals surface area contributed by atoms with Gasteiger partial charge in [-0.05, 0) is 45.1 Å². The minimum Gasteiger partial charge on any atom is -0.478 e. The lowest BCUT2D eigenvalue weighted by Gasteiger charge is -2.15. The fraction of sp³-hybridized carbons (Fsp3) is 0.706. The number of ether oxygens (including phenoxy) is 1. The van der Waals surface area contributed by atoms with Crippen LogP contribution in [0.5, 0.6) is 5.88 Å². The minimum absolute atomic E-state index is 0. The van der Waals surface area contributed by atoms with Crippen LogP contribution in [-0.2, 0) is 6.54 Å². The van der Waals surface area contributed by atoms with Crippen molar-refractivity contribution in [2.24, 2.45) is 0 Å². The van der Waals surface area contributed by atoms with Crippen molar-refractivity contribution in [2.45, 2.75) is 47.1 Å². The van der Waals surface area contributed by atoms with Crippen LogP contribution in [-0.4, -0.2) is 43.2 Å². The van der Waals surface area contributed by atoms with Gasteiger partial charge >= 0.3 is 0 Å². The van der Waals surface area contributed by atoms with Crippen molar-refractivity contribution in [3.05, 3.63) is 23.9 Å². The van der Waals surface area contributed by atoms with Gasteiger partial charge in [0.2, 0.25) is 5.88 Å². The number of nitrogens with zero attached hydrogens (tertiary/aromatic N) is 2. The summed E-state index contributed by atoms with van der Waals surface area (Å²) in [5.74, 6) is 0.721. The Morgan fingerprint density at radius 2 is 2.05 bits per heavy atom. The van der Waals surface area contributed by atoms with Gasteiger partial charge in [-0.3, -0.25) is 0 Å². The summed E-state index contributed by atoms with van der Waals surface area (Å²) in [7, 11) is 2.13. The molecule has 1 heterocycles. The normalized spacial score (nSPS) is 10.2. The van der Waals surface area contributed by atoms with E-state index >= 15 is 0 Å². The summed E-state index contributed by atoms with van der Waals surface area (Å²) in [5.41, 5.74) is 1.23. The van der Waals surface area contributed by atoms with Gasteiger partial charge in [0.05, 0.1) is 6.61 Å². The zero-order chi connectivity index (χ0) is 15.9. The van der Waals surface area contributed by atoms with E-state index in [1.54, 1.807) is 0 Å². The molecule has 1 N–H and O–H groups in total. The van der Waals surface area contributed by atoms with Crippen molar-refractivity contribution in [3.63, 3.8) is 0 Å². The first-order chi connectivity index (χ1) is 10.3. The highest BCUT2D eigenvalue weighted by atomic mass is 16.5. The Hall–Kier alpha value is -1.13. The minimum atomic E-state index is 0. The molecule has 0 saturated carbocycles. The maximum absolute atomic E-state index is 5.60. The van der Waals surface area contributed by atoms with E-state index < -0.39 is 0 Å². The van der Waals surface area contributed by atoms with Gasteiger partial charge in [0.25, 0.3) is 0 Å². The SMILES string of the molecule is CC.CCCN(C)Cc1ccc(OCCCNCC)nc1.[HH]. The van der Waals surface area contributed by atoms with Gasteiger partial charge in [-0.25, -0.2) is 4.98 Å². The summed E-state index contributed by atoms with van der Waals surface area (Å²) < 4.78 is 5.60. The first-order valence-electron chi connectivity index (χ1n) is 8.23. The molecule has 4 heteroatoms. The van der Waals surface area contributed by atoms with E-state index in [1.807, 2.05) is 26.1 Å². The number of aromatic nitrogens is 1. The monoisotopic (exact) mass is 297 g/mol. The van der Waals surface area contributed by atoms with Crippen LogP contribution >= 0.6 is 0 Å². The van der Waals surface area contributed by atoms with Crippen LogP contribution in [0.15, 0.2) is 18.3 Å². The van der Waals surface area contributed by atoms with E-state index in [-0.39, 0.29) is 1.43 Å². The predicted molar refractivity (Wildman–Crippen MR) is 93.0 cm³/mol. The van der Waals surface area contributed by atoms with E-state index in [1.165, 1.54) is 12.0 Å². The third kappa shape index (κ3) is 10.3. The Morgan fingerprint density at radius 1 is 1.29 bits per heavy atom. The summed E-state index contributed by atoms with van der Waals surface area (Å²) in [4.78, 5) is 6.64. The maximum atomic E-state index is 5.60. The molecule has 1 rings (SSSR count). The van der Waals surface area contributed by atoms with E-state index in [4.69, 9.17) is 4.74 Å². The zero-order valence-corrected chi connectivity index (χ0v) is 14.5. The quantitative estimate of drug-likeness (QED) is 0.670. The van der Waals surface area contributed by atoms with Crippen molar-refractivity contribution in [2.75, 3.05) is 33.3 Å². The van der Waals surface area contributed by atoms with Gasteiger partial charge in [0.1, 0.15) is 0 Å². The van der Waals surface area contributed by atoms with Crippen molar-refractivity contribution < 1.29 is 6.16 Å². The van der Waals surface area contributed by atoms with Crippen LogP contribution in [0.4, 0.5) is 0 Å². The van der Waals surface area contributed by atoms with Gasteiger partial charge < -0.3 is 15.0 Å². The summed E-state index contributed by atoms with van der Waals surface area (Å²) in [5, 5.41) is 3.27. The first-order valence-corrected chi connectivity index (χ1v) is 8.23. The van der Waals surface area contributed by atoms with Gasteiger partial charge in [-0.1, -0.05) is 33.8 Å². The van der Waals surface area contributed by atoms with Crippen molar-refractivity contribution >= 4 is 0 Å². The Balaban J connectivity index is 0. The molecule has 0 fully saturated rings. The highest BCUT2D eigenvalue weighted by molar-refractivity contribution is 5.17. The molecule has 0 aliphatic carbocycles. The van der Waals surface area contributed by atoms with Gasteiger partial charge in [-0.2, -0.15) is 0 Å². The summed E-state index contributed by atoms with van der Waals surface area (Å²) >= 11 is 0. The average Bonchev–Trinajstić information content (AvgIpc) is 2.51. The lowest BCUT2D eigenvalue weighted by molar-refractivity contribution is 0.296. The van der Waals surface area contributed by atoms with Crippen molar-refractivity contribution in [1.82, 2.24) is 15.2 Å². The molecule has 0 aliphatic rings. The molecule has 21 heavy (non-hydrogen) atoms. The molecule has 0 amide bonds. The van der Waals surface area contributed by atoms with E-state index in [0.29, 0.717) is 0 Å². The molecule has 0 bridgehead atoms. The average molecular weight is 297 g/mol. The maximum Gasteiger partial charge on any atom is 0.213 e. The van der Waals surface area contributed by atoms with Crippen molar-refractivity contribution in [3.8, 4) is 5.88 Å². The fourth-order valence-electron chi connectivity index (χ4n) is 1.91. The van der Waals surface area contributed by atoms with E-state index in [2.05, 4.69) is 42.2 Å². The highest BCUT2D eigenvalue weighted by Crippen LogP contribution is 2.09. The molecule has 4 nitrogen and oxygen atoms in total. The van der Waals surface area contributed by atoms with Crippen LogP contribution in [0.2, 0.25) is 0 Å². The second kappa shape index (κ2) is 13.8. The predicted octanol–water partition coefficient (Wildman–Crippen LogP) is 3.57. The van der Waals surface area contributed by atoms with Crippen LogP contribution in [0.25, 0.3) is 0 Å². The molecular weight excluding hydrogens is 262 g/mol. The van der Waals surface area contributed by atoms with Crippen LogP contribution in [0, 0.1) is 0 Å². The molecule has 0 aromatic carbocycles. The second-order valence-electron chi connectivity index (χ2n) is 4.80. The molecular formula is C17H35N3O. The Morgan fingerprint density at radius 3 is 2.62 bits per heavy atom. The first kappa shape index (κ1) is 19.9. The molecule has 0 unspecified atom stereocenters. The van der Waals surface area contributed by atoms with Crippen LogP contribution in [0.1, 0.15) is 47.5 Å². The van der Waals surface area contributed by atoms with Crippen LogP contribution in [0.3, 0.4) is 0 Å². The van der Waals surface area contributed by atoms with E-state index in [0.717, 1.165) is 45.1 Å². The Labute approximate surface area is 132 Å². The highest BCUT2D eigenvalue weighted by Gasteiger charge is 2.01. The van der Waals surface area contributed by atoms with Gasteiger partial charge in [0.15, 0.2) is 0 Å². The second-order valence-corrected chi connectivity index (χ2v) is 4.80. The molecule has 1 aromatic rings. The third-order valence-corrected chi connectivity index (χ3v) is 2.85. The number of pyridine rings is 1. The third-order valence-electron chi connectivity index (χ3n) is 2.85. The van der Waals surface area contributed by atoms with Crippen molar-refractivity contribution in [1.29, 1.82) is 0 Å². The molecule has 0 saturated heterocycles. The van der Waals surface area contributed by atoms with Gasteiger partial charge in [-0.15, -0.1) is 0 Å². The molecule has 0 radical (unpaired) electrons. The Bertz CT molecular complexity index is 333. The Kier molecular flexibility index (Phi) is 13.1. The lowest BCUT2D eigenvalue weighted by atomic mass is 10.2. The molecule has 124 valence electrons.